The summed E-state index contributed by atoms with van der Waals surface area (Å²) < 4.78 is 5.38. The Hall–Kier alpha value is -1.12. The second kappa shape index (κ2) is 5.48. The fourth-order valence-corrected chi connectivity index (χ4v) is 2.89. The summed E-state index contributed by atoms with van der Waals surface area (Å²) in [5.41, 5.74) is 0. The minimum atomic E-state index is -0.229. The highest BCUT2D eigenvalue weighted by molar-refractivity contribution is 5.81. The molecule has 0 aromatic heterocycles. The smallest absolute Gasteiger partial charge is 0.239 e. The molecular weight excluding hydrogens is 218 g/mol. The van der Waals surface area contributed by atoms with Crippen LogP contribution in [0.1, 0.15) is 19.3 Å². The van der Waals surface area contributed by atoms with E-state index in [0.29, 0.717) is 13.2 Å². The van der Waals surface area contributed by atoms with E-state index < -0.39 is 0 Å². The summed E-state index contributed by atoms with van der Waals surface area (Å²) in [7, 11) is 1.64. The zero-order valence-electron chi connectivity index (χ0n) is 10.2. The lowest BCUT2D eigenvalue weighted by Crippen LogP contribution is -2.57. The SMILES string of the molecule is CNC(=O)C1COCCN1C1CCCC1C#N. The monoisotopic (exact) mass is 237 g/mol. The fourth-order valence-electron chi connectivity index (χ4n) is 2.89. The van der Waals surface area contributed by atoms with E-state index in [0.717, 1.165) is 25.8 Å². The van der Waals surface area contributed by atoms with Crippen LogP contribution in [0.4, 0.5) is 0 Å². The van der Waals surface area contributed by atoms with Crippen molar-refractivity contribution in [2.24, 2.45) is 5.92 Å². The Morgan fingerprint density at radius 1 is 1.53 bits per heavy atom. The van der Waals surface area contributed by atoms with Crippen molar-refractivity contribution in [2.75, 3.05) is 26.8 Å². The summed E-state index contributed by atoms with van der Waals surface area (Å²) in [6, 6.07) is 2.37. The highest BCUT2D eigenvalue weighted by atomic mass is 16.5. The first-order valence-electron chi connectivity index (χ1n) is 6.22. The maximum absolute atomic E-state index is 11.8. The molecule has 2 rings (SSSR count). The third-order valence-electron chi connectivity index (χ3n) is 3.79. The van der Waals surface area contributed by atoms with E-state index in [1.807, 2.05) is 0 Å². The van der Waals surface area contributed by atoms with Crippen LogP contribution in [-0.2, 0) is 9.53 Å². The van der Waals surface area contributed by atoms with Crippen LogP contribution in [0.5, 0.6) is 0 Å². The normalized spacial score (nSPS) is 34.2. The van der Waals surface area contributed by atoms with Crippen molar-refractivity contribution in [3.05, 3.63) is 0 Å². The van der Waals surface area contributed by atoms with E-state index in [1.165, 1.54) is 0 Å². The number of likely N-dealkylation sites (N-methyl/N-ethyl adjacent to an activating group) is 1. The average molecular weight is 237 g/mol. The quantitative estimate of drug-likeness (QED) is 0.741. The molecule has 0 aromatic rings. The molecule has 0 bridgehead atoms. The van der Waals surface area contributed by atoms with Gasteiger partial charge in [0.2, 0.25) is 5.91 Å². The van der Waals surface area contributed by atoms with Crippen molar-refractivity contribution in [3.8, 4) is 6.07 Å². The largest absolute Gasteiger partial charge is 0.378 e. The molecule has 1 heterocycles. The molecule has 3 unspecified atom stereocenters. The van der Waals surface area contributed by atoms with E-state index in [-0.39, 0.29) is 23.9 Å². The minimum absolute atomic E-state index is 0.00621. The average Bonchev–Trinajstić information content (AvgIpc) is 2.86. The third-order valence-corrected chi connectivity index (χ3v) is 3.79. The van der Waals surface area contributed by atoms with Gasteiger partial charge in [-0.05, 0) is 12.8 Å². The van der Waals surface area contributed by atoms with E-state index >= 15 is 0 Å². The van der Waals surface area contributed by atoms with Crippen molar-refractivity contribution in [3.63, 3.8) is 0 Å². The van der Waals surface area contributed by atoms with Gasteiger partial charge in [0.25, 0.3) is 0 Å². The molecule has 1 saturated carbocycles. The van der Waals surface area contributed by atoms with Crippen LogP contribution < -0.4 is 5.32 Å². The van der Waals surface area contributed by atoms with Gasteiger partial charge in [-0.1, -0.05) is 6.42 Å². The summed E-state index contributed by atoms with van der Waals surface area (Å²) >= 11 is 0. The Balaban J connectivity index is 2.10. The predicted octanol–water partition coefficient (Wildman–Crippen LogP) is 0.125. The van der Waals surface area contributed by atoms with Crippen LogP contribution in [0.2, 0.25) is 0 Å². The first-order chi connectivity index (χ1) is 8.27. The first-order valence-corrected chi connectivity index (χ1v) is 6.22. The van der Waals surface area contributed by atoms with Crippen LogP contribution >= 0.6 is 0 Å². The maximum atomic E-state index is 11.8. The zero-order valence-corrected chi connectivity index (χ0v) is 10.2. The number of morpholine rings is 1. The van der Waals surface area contributed by atoms with Gasteiger partial charge in [0.15, 0.2) is 0 Å². The summed E-state index contributed by atoms with van der Waals surface area (Å²) in [6.07, 6.45) is 3.06. The Morgan fingerprint density at radius 2 is 2.35 bits per heavy atom. The Labute approximate surface area is 102 Å². The molecule has 1 saturated heterocycles. The lowest BCUT2D eigenvalue weighted by atomic mass is 10.0. The third kappa shape index (κ3) is 2.43. The first kappa shape index (κ1) is 12.3. The van der Waals surface area contributed by atoms with Gasteiger partial charge in [-0.2, -0.15) is 5.26 Å². The topological polar surface area (TPSA) is 65.4 Å². The number of carbonyl (C=O) groups is 1. The summed E-state index contributed by atoms with van der Waals surface area (Å²) in [5.74, 6) is 0.0635. The molecule has 1 N–H and O–H groups in total. The number of rotatable bonds is 2. The number of nitrogens with one attached hydrogen (secondary N) is 1. The fraction of sp³-hybridized carbons (Fsp3) is 0.833. The van der Waals surface area contributed by atoms with E-state index in [2.05, 4.69) is 16.3 Å². The highest BCUT2D eigenvalue weighted by Gasteiger charge is 2.39. The number of nitriles is 1. The van der Waals surface area contributed by atoms with Crippen molar-refractivity contribution in [1.82, 2.24) is 10.2 Å². The highest BCUT2D eigenvalue weighted by Crippen LogP contribution is 2.31. The summed E-state index contributed by atoms with van der Waals surface area (Å²) in [6.45, 7) is 1.84. The Morgan fingerprint density at radius 3 is 3.06 bits per heavy atom. The zero-order chi connectivity index (χ0) is 12.3. The Kier molecular flexibility index (Phi) is 3.97. The van der Waals surface area contributed by atoms with Gasteiger partial charge in [0.05, 0.1) is 25.2 Å². The molecule has 0 spiro atoms. The molecule has 0 aromatic carbocycles. The van der Waals surface area contributed by atoms with Gasteiger partial charge in [-0.25, -0.2) is 0 Å². The minimum Gasteiger partial charge on any atom is -0.378 e. The molecule has 94 valence electrons. The molecule has 3 atom stereocenters. The molecule has 0 radical (unpaired) electrons. The van der Waals surface area contributed by atoms with Gasteiger partial charge >= 0.3 is 0 Å². The van der Waals surface area contributed by atoms with Crippen LogP contribution in [0.3, 0.4) is 0 Å². The lowest BCUT2D eigenvalue weighted by molar-refractivity contribution is -0.134. The number of ether oxygens (including phenoxy) is 1. The molecule has 2 aliphatic rings. The Bertz CT molecular complexity index is 326. The maximum Gasteiger partial charge on any atom is 0.239 e. The van der Waals surface area contributed by atoms with Crippen molar-refractivity contribution < 1.29 is 9.53 Å². The molecule has 2 fully saturated rings. The summed E-state index contributed by atoms with van der Waals surface area (Å²) in [4.78, 5) is 14.0. The molecule has 5 heteroatoms. The number of nitrogens with zero attached hydrogens (tertiary/aromatic N) is 2. The molecular formula is C12H19N3O2. The summed E-state index contributed by atoms with van der Waals surface area (Å²) in [5, 5.41) is 11.8. The van der Waals surface area contributed by atoms with Gasteiger partial charge < -0.3 is 10.1 Å². The van der Waals surface area contributed by atoms with Gasteiger partial charge in [-0.3, -0.25) is 9.69 Å². The van der Waals surface area contributed by atoms with Crippen LogP contribution in [-0.4, -0.2) is 49.7 Å². The van der Waals surface area contributed by atoms with Gasteiger partial charge in [-0.15, -0.1) is 0 Å². The predicted molar refractivity (Wildman–Crippen MR) is 62.1 cm³/mol. The molecule has 17 heavy (non-hydrogen) atoms. The van der Waals surface area contributed by atoms with Gasteiger partial charge in [0, 0.05) is 19.6 Å². The molecule has 1 amide bonds. The van der Waals surface area contributed by atoms with E-state index in [1.54, 1.807) is 7.05 Å². The lowest BCUT2D eigenvalue weighted by Gasteiger charge is -2.39. The molecule has 5 nitrogen and oxygen atoms in total. The van der Waals surface area contributed by atoms with Crippen LogP contribution in [0.15, 0.2) is 0 Å². The number of hydrogen-bond donors (Lipinski definition) is 1. The number of hydrogen-bond acceptors (Lipinski definition) is 4. The number of carbonyl (C=O) groups excluding carboxylic acids is 1. The van der Waals surface area contributed by atoms with Gasteiger partial charge in [0.1, 0.15) is 6.04 Å². The standard InChI is InChI=1S/C12H19N3O2/c1-14-12(16)11-8-17-6-5-15(11)10-4-2-3-9(10)7-13/h9-11H,2-6,8H2,1H3,(H,14,16). The van der Waals surface area contributed by atoms with E-state index in [4.69, 9.17) is 10.00 Å². The van der Waals surface area contributed by atoms with Crippen molar-refractivity contribution in [2.45, 2.75) is 31.3 Å². The van der Waals surface area contributed by atoms with Crippen LogP contribution in [0, 0.1) is 17.2 Å². The van der Waals surface area contributed by atoms with Crippen molar-refractivity contribution in [1.29, 1.82) is 5.26 Å². The van der Waals surface area contributed by atoms with Crippen LogP contribution in [0.25, 0.3) is 0 Å². The second-order valence-corrected chi connectivity index (χ2v) is 4.68. The molecule has 1 aliphatic heterocycles. The van der Waals surface area contributed by atoms with E-state index in [9.17, 15) is 4.79 Å². The second-order valence-electron chi connectivity index (χ2n) is 4.68. The van der Waals surface area contributed by atoms with Crippen molar-refractivity contribution >= 4 is 5.91 Å². The molecule has 1 aliphatic carbocycles. The number of amides is 1.